The molecule has 0 saturated carbocycles. The zero-order valence-electron chi connectivity index (χ0n) is 14.5. The molecule has 1 aromatic heterocycles. The van der Waals surface area contributed by atoms with Gasteiger partial charge >= 0.3 is 13.1 Å². The Morgan fingerprint density at radius 1 is 1.41 bits per heavy atom. The minimum Gasteiger partial charge on any atom is -0.535 e. The van der Waals surface area contributed by atoms with Crippen molar-refractivity contribution in [2.75, 3.05) is 13.1 Å². The average molecular weight is 426 g/mol. The normalized spacial score (nSPS) is 16.3. The highest BCUT2D eigenvalue weighted by Crippen LogP contribution is 2.39. The Bertz CT molecular complexity index is 833. The lowest BCUT2D eigenvalue weighted by Gasteiger charge is -2.27. The lowest BCUT2D eigenvalue weighted by Crippen LogP contribution is -2.40. The zero-order chi connectivity index (χ0) is 19.6. The number of aryl methyl sites for hydroxylation is 1. The first-order valence-electron chi connectivity index (χ1n) is 8.20. The van der Waals surface area contributed by atoms with Crippen LogP contribution in [0, 0.1) is 6.92 Å². The topological polar surface area (TPSA) is 145 Å². The minimum atomic E-state index is -1.14. The molecule has 8 nitrogen and oxygen atoms in total. The van der Waals surface area contributed by atoms with Crippen LogP contribution in [0.5, 0.6) is 5.75 Å². The Kier molecular flexibility index (Phi) is 6.66. The van der Waals surface area contributed by atoms with E-state index >= 15 is 0 Å². The highest BCUT2D eigenvalue weighted by Gasteiger charge is 2.38. The molecule has 27 heavy (non-hydrogen) atoms. The van der Waals surface area contributed by atoms with Gasteiger partial charge in [-0.25, -0.2) is 4.79 Å². The van der Waals surface area contributed by atoms with Crippen LogP contribution in [0.4, 0.5) is 0 Å². The van der Waals surface area contributed by atoms with Crippen LogP contribution in [0.2, 0.25) is 0 Å². The number of carboxylic acid groups (broad SMARTS) is 1. The Labute approximate surface area is 169 Å². The van der Waals surface area contributed by atoms with E-state index in [2.05, 4.69) is 10.2 Å². The molecule has 1 atom stereocenters. The SMILES string of the molecule is Cc1ccc2c(c1C(=O)O)OB(O)[C@@H](Sc1nnc(SC(CN)CN)s1)C2. The molecule has 0 amide bonds. The van der Waals surface area contributed by atoms with Gasteiger partial charge in [0, 0.05) is 18.3 Å². The second-order valence-electron chi connectivity index (χ2n) is 5.96. The minimum absolute atomic E-state index is 0.0870. The molecule has 0 saturated heterocycles. The number of rotatable bonds is 7. The standard InChI is InChI=1S/C15H19BN4O4S3/c1-7-2-3-8-4-10(16(23)24-12(8)11(7)13(21)22)26-15-20-19-14(27-15)25-9(5-17)6-18/h2-3,9-10,23H,4-6,17-18H2,1H3,(H,21,22)/t10-/m0/s1. The van der Waals surface area contributed by atoms with Crippen LogP contribution in [-0.2, 0) is 6.42 Å². The van der Waals surface area contributed by atoms with Gasteiger partial charge in [-0.05, 0) is 24.5 Å². The van der Waals surface area contributed by atoms with Crippen LogP contribution in [0.3, 0.4) is 0 Å². The number of thioether (sulfide) groups is 2. The van der Waals surface area contributed by atoms with Crippen molar-refractivity contribution in [3.05, 3.63) is 28.8 Å². The molecule has 2 heterocycles. The van der Waals surface area contributed by atoms with Crippen molar-refractivity contribution in [3.8, 4) is 5.75 Å². The third kappa shape index (κ3) is 4.58. The summed E-state index contributed by atoms with van der Waals surface area (Å²) in [5.74, 6) is -0.822. The largest absolute Gasteiger partial charge is 0.537 e. The smallest absolute Gasteiger partial charge is 0.535 e. The lowest BCUT2D eigenvalue weighted by molar-refractivity contribution is 0.0693. The fourth-order valence-corrected chi connectivity index (χ4v) is 6.11. The van der Waals surface area contributed by atoms with Crippen LogP contribution in [0.25, 0.3) is 0 Å². The highest BCUT2D eigenvalue weighted by molar-refractivity contribution is 8.04. The van der Waals surface area contributed by atoms with Crippen molar-refractivity contribution in [1.82, 2.24) is 10.2 Å². The number of fused-ring (bicyclic) bond motifs is 1. The fourth-order valence-electron chi connectivity index (χ4n) is 2.66. The number of carbonyl (C=O) groups is 1. The van der Waals surface area contributed by atoms with Gasteiger partial charge in [0.2, 0.25) is 0 Å². The molecule has 0 aliphatic carbocycles. The molecule has 0 bridgehead atoms. The van der Waals surface area contributed by atoms with Crippen molar-refractivity contribution >= 4 is 47.9 Å². The van der Waals surface area contributed by atoms with E-state index in [0.29, 0.717) is 29.4 Å². The summed E-state index contributed by atoms with van der Waals surface area (Å²) in [7, 11) is -1.14. The maximum Gasteiger partial charge on any atom is 0.537 e. The summed E-state index contributed by atoms with van der Waals surface area (Å²) >= 11 is 4.27. The number of aromatic carboxylic acids is 1. The van der Waals surface area contributed by atoms with Gasteiger partial charge in [-0.1, -0.05) is 47.0 Å². The fraction of sp³-hybridized carbons (Fsp3) is 0.400. The Hall–Kier alpha value is -1.31. The summed E-state index contributed by atoms with van der Waals surface area (Å²) in [5.41, 5.74) is 12.8. The maximum atomic E-state index is 11.5. The number of hydrogen-bond donors (Lipinski definition) is 4. The summed E-state index contributed by atoms with van der Waals surface area (Å²) in [6.07, 6.45) is 0.470. The Morgan fingerprint density at radius 3 is 2.78 bits per heavy atom. The predicted octanol–water partition coefficient (Wildman–Crippen LogP) is 1.04. The van der Waals surface area contributed by atoms with E-state index in [-0.39, 0.29) is 21.7 Å². The van der Waals surface area contributed by atoms with Gasteiger partial charge in [0.25, 0.3) is 0 Å². The second-order valence-corrected chi connectivity index (χ2v) is 9.98. The second kappa shape index (κ2) is 8.80. The molecule has 3 rings (SSSR count). The molecule has 2 aromatic rings. The van der Waals surface area contributed by atoms with E-state index in [1.54, 1.807) is 13.0 Å². The summed E-state index contributed by atoms with van der Waals surface area (Å²) in [6, 6.07) is 3.59. The Balaban J connectivity index is 1.74. The molecule has 0 spiro atoms. The van der Waals surface area contributed by atoms with E-state index in [9.17, 15) is 14.9 Å². The number of nitrogens with two attached hydrogens (primary N) is 2. The first-order chi connectivity index (χ1) is 12.9. The van der Waals surface area contributed by atoms with Crippen molar-refractivity contribution in [2.45, 2.75) is 32.4 Å². The molecular formula is C15H19BN4O4S3. The maximum absolute atomic E-state index is 11.5. The van der Waals surface area contributed by atoms with Crippen molar-refractivity contribution < 1.29 is 19.6 Å². The number of benzene rings is 1. The van der Waals surface area contributed by atoms with Crippen LogP contribution in [0.15, 0.2) is 20.8 Å². The van der Waals surface area contributed by atoms with Crippen molar-refractivity contribution in [1.29, 1.82) is 0 Å². The van der Waals surface area contributed by atoms with Crippen LogP contribution >= 0.6 is 34.9 Å². The third-order valence-electron chi connectivity index (χ3n) is 4.07. The summed E-state index contributed by atoms with van der Waals surface area (Å²) in [6.45, 7) is 2.62. The van der Waals surface area contributed by atoms with E-state index in [1.807, 2.05) is 6.07 Å². The molecule has 0 fully saturated rings. The third-order valence-corrected chi connectivity index (χ3v) is 7.65. The molecule has 12 heteroatoms. The summed E-state index contributed by atoms with van der Waals surface area (Å²) in [5, 5.41) is 27.9. The number of aromatic nitrogens is 2. The first kappa shape index (κ1) is 20.4. The summed E-state index contributed by atoms with van der Waals surface area (Å²) < 4.78 is 7.04. The van der Waals surface area contributed by atoms with Crippen LogP contribution in [0.1, 0.15) is 21.5 Å². The van der Waals surface area contributed by atoms with E-state index < -0.39 is 13.1 Å². The van der Waals surface area contributed by atoms with E-state index in [4.69, 9.17) is 16.1 Å². The molecule has 1 aliphatic rings. The van der Waals surface area contributed by atoms with E-state index in [0.717, 1.165) is 9.90 Å². The molecule has 0 radical (unpaired) electrons. The predicted molar refractivity (Wildman–Crippen MR) is 108 cm³/mol. The molecule has 0 unspecified atom stereocenters. The van der Waals surface area contributed by atoms with Gasteiger partial charge in [-0.15, -0.1) is 10.2 Å². The van der Waals surface area contributed by atoms with Crippen molar-refractivity contribution in [3.63, 3.8) is 0 Å². The first-order valence-corrected chi connectivity index (χ1v) is 10.8. The number of nitrogens with zero attached hydrogens (tertiary/aromatic N) is 2. The zero-order valence-corrected chi connectivity index (χ0v) is 16.9. The van der Waals surface area contributed by atoms with Gasteiger partial charge in [-0.3, -0.25) is 0 Å². The monoisotopic (exact) mass is 426 g/mol. The van der Waals surface area contributed by atoms with E-state index in [1.165, 1.54) is 34.9 Å². The molecular weight excluding hydrogens is 407 g/mol. The highest BCUT2D eigenvalue weighted by atomic mass is 32.2. The molecule has 1 aromatic carbocycles. The molecule has 1 aliphatic heterocycles. The Morgan fingerprint density at radius 2 is 2.11 bits per heavy atom. The quantitative estimate of drug-likeness (QED) is 0.374. The molecule has 6 N–H and O–H groups in total. The van der Waals surface area contributed by atoms with Gasteiger partial charge in [-0.2, -0.15) is 0 Å². The van der Waals surface area contributed by atoms with Crippen molar-refractivity contribution in [2.24, 2.45) is 11.5 Å². The number of carboxylic acids is 1. The summed E-state index contributed by atoms with van der Waals surface area (Å²) in [4.78, 5) is 11.5. The lowest BCUT2D eigenvalue weighted by atomic mass is 9.77. The van der Waals surface area contributed by atoms with Gasteiger partial charge in [0.05, 0.1) is 5.15 Å². The average Bonchev–Trinajstić information content (AvgIpc) is 3.07. The van der Waals surface area contributed by atoms with Gasteiger partial charge in [0.15, 0.2) is 8.68 Å². The van der Waals surface area contributed by atoms with Gasteiger partial charge < -0.3 is 26.3 Å². The number of hydrogen-bond acceptors (Lipinski definition) is 10. The van der Waals surface area contributed by atoms with Gasteiger partial charge in [0.1, 0.15) is 11.3 Å². The van der Waals surface area contributed by atoms with Crippen LogP contribution < -0.4 is 16.1 Å². The van der Waals surface area contributed by atoms with Crippen LogP contribution in [-0.4, -0.2) is 56.9 Å². The molecule has 144 valence electrons.